The molecule has 1 aliphatic heterocycles. The van der Waals surface area contributed by atoms with Gasteiger partial charge in [-0.2, -0.15) is 0 Å². The lowest BCUT2D eigenvalue weighted by molar-refractivity contribution is -0.116. The van der Waals surface area contributed by atoms with Crippen molar-refractivity contribution in [2.45, 2.75) is 37.0 Å². The van der Waals surface area contributed by atoms with Gasteiger partial charge in [-0.25, -0.2) is 13.1 Å². The van der Waals surface area contributed by atoms with Crippen LogP contribution in [0.1, 0.15) is 37.7 Å². The number of anilines is 1. The number of sulfonamides is 1. The molecule has 7 heteroatoms. The predicted molar refractivity (Wildman–Crippen MR) is 79.6 cm³/mol. The maximum absolute atomic E-state index is 12.2. The van der Waals surface area contributed by atoms with Gasteiger partial charge in [0.1, 0.15) is 0 Å². The van der Waals surface area contributed by atoms with E-state index < -0.39 is 10.0 Å². The molecule has 0 aromatic heterocycles. The van der Waals surface area contributed by atoms with Gasteiger partial charge in [0.25, 0.3) is 0 Å². The fourth-order valence-electron chi connectivity index (χ4n) is 2.27. The number of aliphatic hydroxyl groups excluding tert-OH is 1. The first-order chi connectivity index (χ1) is 9.95. The highest BCUT2D eigenvalue weighted by Gasteiger charge is 2.28. The number of fused-ring (bicyclic) bond motifs is 1. The fourth-order valence-corrected chi connectivity index (χ4v) is 3.37. The van der Waals surface area contributed by atoms with Crippen LogP contribution in [0.4, 0.5) is 5.69 Å². The van der Waals surface area contributed by atoms with Gasteiger partial charge in [-0.15, -0.1) is 0 Å². The van der Waals surface area contributed by atoms with Crippen molar-refractivity contribution < 1.29 is 18.3 Å². The van der Waals surface area contributed by atoms with Gasteiger partial charge < -0.3 is 10.4 Å². The quantitative estimate of drug-likeness (QED) is 0.659. The van der Waals surface area contributed by atoms with Crippen molar-refractivity contribution in [3.8, 4) is 0 Å². The first-order valence-electron chi connectivity index (χ1n) is 7.01. The molecule has 3 N–H and O–H groups in total. The van der Waals surface area contributed by atoms with Crippen molar-refractivity contribution in [1.29, 1.82) is 0 Å². The molecule has 0 fully saturated rings. The monoisotopic (exact) mass is 312 g/mol. The summed E-state index contributed by atoms with van der Waals surface area (Å²) in [4.78, 5) is 11.7. The summed E-state index contributed by atoms with van der Waals surface area (Å²) in [6.45, 7) is 2.21. The normalized spacial score (nSPS) is 17.6. The van der Waals surface area contributed by atoms with Crippen LogP contribution < -0.4 is 10.0 Å². The topological polar surface area (TPSA) is 95.5 Å². The molecular formula is C14H20N2O4S. The van der Waals surface area contributed by atoms with Gasteiger partial charge in [0.15, 0.2) is 0 Å². The number of benzene rings is 1. The number of amides is 1. The van der Waals surface area contributed by atoms with Gasteiger partial charge in [0.05, 0.1) is 10.8 Å². The number of unbranched alkanes of at least 4 members (excludes halogenated alkanes) is 2. The Kier molecular flexibility index (Phi) is 4.97. The number of carbonyl (C=O) groups excluding carboxylic acids is 1. The van der Waals surface area contributed by atoms with Gasteiger partial charge in [-0.3, -0.25) is 4.79 Å². The largest absolute Gasteiger partial charge is 0.396 e. The van der Waals surface area contributed by atoms with Crippen LogP contribution in [-0.2, 0) is 14.8 Å². The zero-order valence-electron chi connectivity index (χ0n) is 11.9. The molecular weight excluding hydrogens is 292 g/mol. The van der Waals surface area contributed by atoms with Crippen molar-refractivity contribution in [3.05, 3.63) is 23.8 Å². The van der Waals surface area contributed by atoms with Gasteiger partial charge in [-0.1, -0.05) is 0 Å². The molecule has 1 heterocycles. The average molecular weight is 312 g/mol. The molecule has 21 heavy (non-hydrogen) atoms. The molecule has 6 nitrogen and oxygen atoms in total. The van der Waals surface area contributed by atoms with E-state index in [4.69, 9.17) is 5.11 Å². The zero-order chi connectivity index (χ0) is 15.5. The standard InChI is InChI=1S/C14H20N2O4S/c1-10-12-9-11(5-6-13(12)16-14(10)18)21(19,20)15-7-3-2-4-8-17/h5-6,9-10,15,17H,2-4,7-8H2,1H3,(H,16,18). The van der Waals surface area contributed by atoms with Gasteiger partial charge in [-0.05, 0) is 49.9 Å². The van der Waals surface area contributed by atoms with Crippen LogP contribution in [0.5, 0.6) is 0 Å². The van der Waals surface area contributed by atoms with Crippen molar-refractivity contribution in [3.63, 3.8) is 0 Å². The lowest BCUT2D eigenvalue weighted by atomic mass is 10.0. The van der Waals surface area contributed by atoms with E-state index in [0.29, 0.717) is 30.6 Å². The number of carbonyl (C=O) groups is 1. The number of hydrogen-bond donors (Lipinski definition) is 3. The molecule has 0 bridgehead atoms. The van der Waals surface area contributed by atoms with Crippen LogP contribution in [0, 0.1) is 0 Å². The Morgan fingerprint density at radius 3 is 2.76 bits per heavy atom. The number of hydrogen-bond acceptors (Lipinski definition) is 4. The summed E-state index contributed by atoms with van der Waals surface area (Å²) >= 11 is 0. The fraction of sp³-hybridized carbons (Fsp3) is 0.500. The SMILES string of the molecule is CC1C(=O)Nc2ccc(S(=O)(=O)NCCCCCO)cc21. The molecule has 0 saturated carbocycles. The second-order valence-corrected chi connectivity index (χ2v) is 6.91. The predicted octanol–water partition coefficient (Wildman–Crippen LogP) is 1.18. The van der Waals surface area contributed by atoms with Gasteiger partial charge in [0.2, 0.25) is 15.9 Å². The summed E-state index contributed by atoms with van der Waals surface area (Å²) in [7, 11) is -3.56. The Hall–Kier alpha value is -1.44. The third-order valence-corrected chi connectivity index (χ3v) is 5.04. The Morgan fingerprint density at radius 1 is 1.29 bits per heavy atom. The highest BCUT2D eigenvalue weighted by molar-refractivity contribution is 7.89. The number of rotatable bonds is 7. The minimum absolute atomic E-state index is 0.114. The third kappa shape index (κ3) is 3.61. The molecule has 1 aliphatic rings. The molecule has 0 radical (unpaired) electrons. The molecule has 1 unspecified atom stereocenters. The maximum atomic E-state index is 12.2. The average Bonchev–Trinajstić information content (AvgIpc) is 2.73. The molecule has 0 spiro atoms. The lowest BCUT2D eigenvalue weighted by Gasteiger charge is -2.09. The van der Waals surface area contributed by atoms with Gasteiger partial charge >= 0.3 is 0 Å². The first-order valence-corrected chi connectivity index (χ1v) is 8.49. The molecule has 0 saturated heterocycles. The smallest absolute Gasteiger partial charge is 0.240 e. The van der Waals surface area contributed by atoms with Crippen LogP contribution >= 0.6 is 0 Å². The maximum Gasteiger partial charge on any atom is 0.240 e. The Labute approximate surface area is 124 Å². The molecule has 1 aromatic rings. The van der Waals surface area contributed by atoms with Crippen LogP contribution in [0.15, 0.2) is 23.1 Å². The van der Waals surface area contributed by atoms with E-state index in [1.54, 1.807) is 19.1 Å². The van der Waals surface area contributed by atoms with Gasteiger partial charge in [0, 0.05) is 18.8 Å². The molecule has 1 aromatic carbocycles. The molecule has 116 valence electrons. The van der Waals surface area contributed by atoms with E-state index >= 15 is 0 Å². The zero-order valence-corrected chi connectivity index (χ0v) is 12.7. The number of aliphatic hydroxyl groups is 1. The summed E-state index contributed by atoms with van der Waals surface area (Å²) in [6.07, 6.45) is 2.13. The summed E-state index contributed by atoms with van der Waals surface area (Å²) in [5.74, 6) is -0.448. The number of nitrogens with one attached hydrogen (secondary N) is 2. The van der Waals surface area contributed by atoms with Crippen molar-refractivity contribution in [2.24, 2.45) is 0 Å². The molecule has 1 amide bonds. The highest BCUT2D eigenvalue weighted by atomic mass is 32.2. The van der Waals surface area contributed by atoms with E-state index in [2.05, 4.69) is 10.0 Å². The van der Waals surface area contributed by atoms with E-state index in [0.717, 1.165) is 6.42 Å². The van der Waals surface area contributed by atoms with Crippen LogP contribution in [-0.4, -0.2) is 32.6 Å². The Morgan fingerprint density at radius 2 is 2.05 bits per heavy atom. The van der Waals surface area contributed by atoms with Crippen molar-refractivity contribution in [2.75, 3.05) is 18.5 Å². The summed E-state index contributed by atoms with van der Waals surface area (Å²) in [5.41, 5.74) is 1.39. The van der Waals surface area contributed by atoms with E-state index in [1.807, 2.05) is 0 Å². The van der Waals surface area contributed by atoms with E-state index in [9.17, 15) is 13.2 Å². The Bertz CT molecular complexity index is 628. The highest BCUT2D eigenvalue weighted by Crippen LogP contribution is 2.33. The van der Waals surface area contributed by atoms with E-state index in [1.165, 1.54) is 6.07 Å². The summed E-state index contributed by atoms with van der Waals surface area (Å²) in [6, 6.07) is 4.66. The summed E-state index contributed by atoms with van der Waals surface area (Å²) < 4.78 is 26.9. The second kappa shape index (κ2) is 6.55. The second-order valence-electron chi connectivity index (χ2n) is 5.14. The minimum Gasteiger partial charge on any atom is -0.396 e. The Balaban J connectivity index is 2.06. The minimum atomic E-state index is -3.56. The third-order valence-electron chi connectivity index (χ3n) is 3.58. The lowest BCUT2D eigenvalue weighted by Crippen LogP contribution is -2.25. The van der Waals surface area contributed by atoms with Crippen LogP contribution in [0.25, 0.3) is 0 Å². The molecule has 1 atom stereocenters. The molecule has 0 aliphatic carbocycles. The van der Waals surface area contributed by atoms with Crippen molar-refractivity contribution >= 4 is 21.6 Å². The van der Waals surface area contributed by atoms with Crippen LogP contribution in [0.3, 0.4) is 0 Å². The van der Waals surface area contributed by atoms with Crippen molar-refractivity contribution in [1.82, 2.24) is 4.72 Å². The summed E-state index contributed by atoms with van der Waals surface area (Å²) in [5, 5.41) is 11.4. The first kappa shape index (κ1) is 15.9. The van der Waals surface area contributed by atoms with E-state index in [-0.39, 0.29) is 23.3 Å². The van der Waals surface area contributed by atoms with Crippen LogP contribution in [0.2, 0.25) is 0 Å². The molecule has 2 rings (SSSR count).